The number of thioether (sulfide) groups is 1. The van der Waals surface area contributed by atoms with E-state index in [0.717, 1.165) is 10.8 Å². The summed E-state index contributed by atoms with van der Waals surface area (Å²) in [6, 6.07) is 6.80. The van der Waals surface area contributed by atoms with E-state index in [4.69, 9.17) is 0 Å². The van der Waals surface area contributed by atoms with Crippen LogP contribution in [0.25, 0.3) is 0 Å². The van der Waals surface area contributed by atoms with Gasteiger partial charge in [0.15, 0.2) is 4.34 Å². The molecule has 0 radical (unpaired) electrons. The summed E-state index contributed by atoms with van der Waals surface area (Å²) < 4.78 is 0.837. The van der Waals surface area contributed by atoms with Crippen LogP contribution in [0.1, 0.15) is 44.0 Å². The van der Waals surface area contributed by atoms with Crippen molar-refractivity contribution in [3.8, 4) is 0 Å². The quantitative estimate of drug-likeness (QED) is 0.572. The predicted octanol–water partition coefficient (Wildman–Crippen LogP) is 4.03. The van der Waals surface area contributed by atoms with Crippen LogP contribution < -0.4 is 10.6 Å². The van der Waals surface area contributed by atoms with Crippen molar-refractivity contribution in [3.63, 3.8) is 0 Å². The van der Waals surface area contributed by atoms with E-state index in [1.807, 2.05) is 0 Å². The highest BCUT2D eigenvalue weighted by molar-refractivity contribution is 8.01. The first-order valence-electron chi connectivity index (χ1n) is 7.73. The molecule has 8 heteroatoms. The molecule has 24 heavy (non-hydrogen) atoms. The number of nitrogens with zero attached hydrogens (tertiary/aromatic N) is 2. The number of aromatic nitrogens is 2. The van der Waals surface area contributed by atoms with Gasteiger partial charge < -0.3 is 5.32 Å². The number of hydrogen-bond donors (Lipinski definition) is 2. The fourth-order valence-electron chi connectivity index (χ4n) is 1.72. The minimum atomic E-state index is -0.279. The number of carbonyl (C=O) groups is 2. The van der Waals surface area contributed by atoms with E-state index >= 15 is 0 Å². The van der Waals surface area contributed by atoms with Crippen LogP contribution in [0.2, 0.25) is 0 Å². The molecule has 0 saturated carbocycles. The minimum absolute atomic E-state index is 0.0941. The van der Waals surface area contributed by atoms with Gasteiger partial charge in [0.1, 0.15) is 0 Å². The molecule has 2 amide bonds. The Morgan fingerprint density at radius 3 is 2.75 bits per heavy atom. The molecule has 2 aromatic rings. The Labute approximate surface area is 149 Å². The molecule has 0 bridgehead atoms. The van der Waals surface area contributed by atoms with Crippen molar-refractivity contribution < 1.29 is 9.59 Å². The second-order valence-electron chi connectivity index (χ2n) is 5.15. The van der Waals surface area contributed by atoms with Crippen molar-refractivity contribution >= 4 is 45.7 Å². The van der Waals surface area contributed by atoms with Crippen molar-refractivity contribution in [1.82, 2.24) is 10.2 Å². The number of nitrogens with one attached hydrogen (secondary N) is 2. The first kappa shape index (κ1) is 18.4. The largest absolute Gasteiger partial charge is 0.326 e. The molecule has 0 saturated heterocycles. The van der Waals surface area contributed by atoms with Crippen molar-refractivity contribution in [3.05, 3.63) is 29.8 Å². The summed E-state index contributed by atoms with van der Waals surface area (Å²) in [4.78, 5) is 23.8. The van der Waals surface area contributed by atoms with Gasteiger partial charge in [0.05, 0.1) is 0 Å². The molecule has 2 N–H and O–H groups in total. The van der Waals surface area contributed by atoms with Gasteiger partial charge in [-0.15, -0.1) is 10.2 Å². The lowest BCUT2D eigenvalue weighted by atomic mass is 10.2. The third-order valence-electron chi connectivity index (χ3n) is 3.23. The molecule has 1 aromatic heterocycles. The Morgan fingerprint density at radius 2 is 2.04 bits per heavy atom. The van der Waals surface area contributed by atoms with E-state index in [1.54, 1.807) is 43.0 Å². The highest BCUT2D eigenvalue weighted by atomic mass is 32.2. The lowest BCUT2D eigenvalue weighted by molar-refractivity contribution is -0.115. The standard InChI is InChI=1S/C16H20N4O2S2/c1-4-10(3)23-16-20-19-15(24-16)18-14(22)11-7-6-8-12(9-11)17-13(21)5-2/h6-10H,4-5H2,1-3H3,(H,17,21)(H,18,19,22). The number of anilines is 2. The number of carbonyl (C=O) groups excluding carboxylic acids is 2. The molecule has 128 valence electrons. The van der Waals surface area contributed by atoms with Gasteiger partial charge in [-0.1, -0.05) is 49.9 Å². The summed E-state index contributed by atoms with van der Waals surface area (Å²) in [5.41, 5.74) is 1.05. The molecule has 6 nitrogen and oxygen atoms in total. The van der Waals surface area contributed by atoms with Crippen LogP contribution in [0, 0.1) is 0 Å². The van der Waals surface area contributed by atoms with Gasteiger partial charge in [-0.05, 0) is 24.6 Å². The first-order chi connectivity index (χ1) is 11.5. The van der Waals surface area contributed by atoms with Crippen LogP contribution in [0.5, 0.6) is 0 Å². The maximum Gasteiger partial charge on any atom is 0.257 e. The monoisotopic (exact) mass is 364 g/mol. The van der Waals surface area contributed by atoms with Gasteiger partial charge >= 0.3 is 0 Å². The third-order valence-corrected chi connectivity index (χ3v) is 5.42. The average Bonchev–Trinajstić information content (AvgIpc) is 3.01. The maximum absolute atomic E-state index is 12.3. The van der Waals surface area contributed by atoms with E-state index in [2.05, 4.69) is 34.7 Å². The highest BCUT2D eigenvalue weighted by Gasteiger charge is 2.13. The predicted molar refractivity (Wildman–Crippen MR) is 98.8 cm³/mol. The highest BCUT2D eigenvalue weighted by Crippen LogP contribution is 2.30. The Hall–Kier alpha value is -1.93. The van der Waals surface area contributed by atoms with Gasteiger partial charge in [0.2, 0.25) is 11.0 Å². The summed E-state index contributed by atoms with van der Waals surface area (Å²) >= 11 is 3.00. The molecule has 1 aromatic carbocycles. The lowest BCUT2D eigenvalue weighted by Gasteiger charge is -2.06. The topological polar surface area (TPSA) is 84.0 Å². The average molecular weight is 364 g/mol. The Balaban J connectivity index is 2.02. The molecule has 0 aliphatic heterocycles. The maximum atomic E-state index is 12.3. The fraction of sp³-hybridized carbons (Fsp3) is 0.375. The lowest BCUT2D eigenvalue weighted by Crippen LogP contribution is -2.13. The van der Waals surface area contributed by atoms with Gasteiger partial charge in [-0.2, -0.15) is 0 Å². The third kappa shape index (κ3) is 5.31. The molecular formula is C16H20N4O2S2. The fourth-order valence-corrected chi connectivity index (χ4v) is 3.71. The van der Waals surface area contributed by atoms with Crippen LogP contribution in [0.3, 0.4) is 0 Å². The molecule has 1 atom stereocenters. The van der Waals surface area contributed by atoms with Crippen LogP contribution in [0.4, 0.5) is 10.8 Å². The molecule has 0 aliphatic rings. The zero-order valence-corrected chi connectivity index (χ0v) is 15.5. The smallest absolute Gasteiger partial charge is 0.257 e. The van der Waals surface area contributed by atoms with Crippen LogP contribution >= 0.6 is 23.1 Å². The van der Waals surface area contributed by atoms with Gasteiger partial charge in [-0.25, -0.2) is 0 Å². The molecule has 0 spiro atoms. The van der Waals surface area contributed by atoms with Gasteiger partial charge in [-0.3, -0.25) is 14.9 Å². The first-order valence-corrected chi connectivity index (χ1v) is 9.42. The van der Waals surface area contributed by atoms with E-state index in [9.17, 15) is 9.59 Å². The number of hydrogen-bond acceptors (Lipinski definition) is 6. The number of benzene rings is 1. The normalized spacial score (nSPS) is 11.8. The number of amides is 2. The Bertz CT molecular complexity index is 718. The summed E-state index contributed by atoms with van der Waals surface area (Å²) in [6.45, 7) is 6.02. The Kier molecular flexibility index (Phi) is 6.74. The van der Waals surface area contributed by atoms with Crippen molar-refractivity contribution in [2.75, 3.05) is 10.6 Å². The summed E-state index contributed by atoms with van der Waals surface area (Å²) in [7, 11) is 0. The zero-order chi connectivity index (χ0) is 17.5. The molecular weight excluding hydrogens is 344 g/mol. The van der Waals surface area contributed by atoms with E-state index in [0.29, 0.717) is 28.1 Å². The summed E-state index contributed by atoms with van der Waals surface area (Å²) in [6.07, 6.45) is 1.43. The second kappa shape index (κ2) is 8.79. The molecule has 0 fully saturated rings. The SMILES string of the molecule is CCC(=O)Nc1cccc(C(=O)Nc2nnc(SC(C)CC)s2)c1. The summed E-state index contributed by atoms with van der Waals surface area (Å²) in [5.74, 6) is -0.373. The zero-order valence-electron chi connectivity index (χ0n) is 13.8. The number of rotatable bonds is 7. The molecule has 1 unspecified atom stereocenters. The van der Waals surface area contributed by atoms with Crippen molar-refractivity contribution in [1.29, 1.82) is 0 Å². The minimum Gasteiger partial charge on any atom is -0.326 e. The van der Waals surface area contributed by atoms with Crippen molar-refractivity contribution in [2.45, 2.75) is 43.2 Å². The molecule has 0 aliphatic carbocycles. The van der Waals surface area contributed by atoms with E-state index in [1.165, 1.54) is 11.3 Å². The van der Waals surface area contributed by atoms with E-state index < -0.39 is 0 Å². The van der Waals surface area contributed by atoms with Crippen LogP contribution in [0.15, 0.2) is 28.6 Å². The summed E-state index contributed by atoms with van der Waals surface area (Å²) in [5, 5.41) is 14.5. The van der Waals surface area contributed by atoms with E-state index in [-0.39, 0.29) is 11.8 Å². The van der Waals surface area contributed by atoms with Gasteiger partial charge in [0, 0.05) is 22.9 Å². The van der Waals surface area contributed by atoms with Gasteiger partial charge in [0.25, 0.3) is 5.91 Å². The molecule has 1 heterocycles. The Morgan fingerprint density at radius 1 is 1.25 bits per heavy atom. The van der Waals surface area contributed by atoms with Crippen LogP contribution in [-0.2, 0) is 4.79 Å². The molecule has 2 rings (SSSR count). The van der Waals surface area contributed by atoms with Crippen LogP contribution in [-0.4, -0.2) is 27.3 Å². The second-order valence-corrected chi connectivity index (χ2v) is 7.81. The van der Waals surface area contributed by atoms with Crippen molar-refractivity contribution in [2.24, 2.45) is 0 Å².